The third kappa shape index (κ3) is 4.66. The molecule has 0 aliphatic heterocycles. The summed E-state index contributed by atoms with van der Waals surface area (Å²) in [6, 6.07) is 25.5. The normalized spacial score (nSPS) is 10.6. The molecule has 3 N–H and O–H groups in total. The van der Waals surface area contributed by atoms with E-state index in [2.05, 4.69) is 33.1 Å². The zero-order chi connectivity index (χ0) is 19.2. The molecule has 3 aromatic carbocycles. The minimum Gasteiger partial charge on any atom is -0.357 e. The van der Waals surface area contributed by atoms with Crippen molar-refractivity contribution in [3.05, 3.63) is 90.0 Å². The lowest BCUT2D eigenvalue weighted by atomic mass is 10.2. The molecule has 0 bridgehead atoms. The molecule has 0 unspecified atom stereocenters. The predicted molar refractivity (Wildman–Crippen MR) is 116 cm³/mol. The number of urea groups is 1. The molecule has 1 heterocycles. The summed E-state index contributed by atoms with van der Waals surface area (Å²) >= 11 is 1.57. The van der Waals surface area contributed by atoms with Crippen LogP contribution in [0.15, 0.2) is 78.9 Å². The lowest BCUT2D eigenvalue weighted by Crippen LogP contribution is -2.28. The molecule has 6 heteroatoms. The first-order valence-corrected chi connectivity index (χ1v) is 9.85. The monoisotopic (exact) mass is 388 g/mol. The second kappa shape index (κ2) is 8.54. The second-order valence-corrected chi connectivity index (χ2v) is 7.36. The zero-order valence-electron chi connectivity index (χ0n) is 15.2. The number of rotatable bonds is 6. The van der Waals surface area contributed by atoms with Crippen molar-refractivity contribution in [3.8, 4) is 0 Å². The fourth-order valence-corrected chi connectivity index (χ4v) is 3.71. The summed E-state index contributed by atoms with van der Waals surface area (Å²) in [5.41, 5.74) is 3.93. The van der Waals surface area contributed by atoms with E-state index >= 15 is 0 Å². The van der Waals surface area contributed by atoms with E-state index in [0.717, 1.165) is 33.1 Å². The number of hydrogen-bond donors (Lipinski definition) is 3. The third-order valence-corrected chi connectivity index (χ3v) is 5.20. The van der Waals surface area contributed by atoms with Gasteiger partial charge < -0.3 is 16.0 Å². The summed E-state index contributed by atoms with van der Waals surface area (Å²) in [6.45, 7) is 1.22. The van der Waals surface area contributed by atoms with Crippen LogP contribution in [0.3, 0.4) is 0 Å². The van der Waals surface area contributed by atoms with Crippen LogP contribution in [0.2, 0.25) is 0 Å². The van der Waals surface area contributed by atoms with Gasteiger partial charge in [0.2, 0.25) is 0 Å². The number of anilines is 2. The molecule has 0 spiro atoms. The van der Waals surface area contributed by atoms with Crippen molar-refractivity contribution < 1.29 is 4.79 Å². The number of benzene rings is 3. The van der Waals surface area contributed by atoms with Gasteiger partial charge in [-0.15, -0.1) is 0 Å². The van der Waals surface area contributed by atoms with E-state index in [1.165, 1.54) is 5.56 Å². The molecule has 0 aliphatic carbocycles. The molecule has 5 nitrogen and oxygen atoms in total. The Morgan fingerprint density at radius 1 is 0.857 bits per heavy atom. The van der Waals surface area contributed by atoms with Crippen molar-refractivity contribution in [1.82, 2.24) is 10.3 Å². The van der Waals surface area contributed by atoms with E-state index in [0.29, 0.717) is 6.54 Å². The highest BCUT2D eigenvalue weighted by Gasteiger charge is 2.07. The lowest BCUT2D eigenvalue weighted by Gasteiger charge is -2.07. The number of fused-ring (bicyclic) bond motifs is 1. The zero-order valence-corrected chi connectivity index (χ0v) is 16.0. The maximum Gasteiger partial charge on any atom is 0.319 e. The molecular formula is C22H20N4OS. The molecule has 0 atom stereocenters. The lowest BCUT2D eigenvalue weighted by molar-refractivity contribution is 0.251. The first-order chi connectivity index (χ1) is 13.8. The second-order valence-electron chi connectivity index (χ2n) is 6.33. The molecule has 28 heavy (non-hydrogen) atoms. The number of carbonyl (C=O) groups is 1. The first-order valence-electron chi connectivity index (χ1n) is 9.03. The van der Waals surface area contributed by atoms with Crippen LogP contribution >= 0.6 is 11.3 Å². The Kier molecular flexibility index (Phi) is 5.49. The molecule has 0 saturated heterocycles. The highest BCUT2D eigenvalue weighted by molar-refractivity contribution is 7.22. The smallest absolute Gasteiger partial charge is 0.319 e. The van der Waals surface area contributed by atoms with Gasteiger partial charge in [0.1, 0.15) is 0 Å². The number of hydrogen-bond acceptors (Lipinski definition) is 4. The molecule has 4 rings (SSSR count). The SMILES string of the molecule is O=C(NCc1ccccc1)Nc1ccc2nc(NCc3ccccc3)sc2c1. The summed E-state index contributed by atoms with van der Waals surface area (Å²) in [6.07, 6.45) is 0. The van der Waals surface area contributed by atoms with Crippen LogP contribution in [0.25, 0.3) is 10.2 Å². The summed E-state index contributed by atoms with van der Waals surface area (Å²) in [4.78, 5) is 16.7. The molecular weight excluding hydrogens is 368 g/mol. The van der Waals surface area contributed by atoms with Gasteiger partial charge in [-0.2, -0.15) is 0 Å². The summed E-state index contributed by atoms with van der Waals surface area (Å²) in [5, 5.41) is 9.97. The maximum absolute atomic E-state index is 12.1. The van der Waals surface area contributed by atoms with Crippen LogP contribution in [-0.4, -0.2) is 11.0 Å². The molecule has 0 fully saturated rings. The van der Waals surface area contributed by atoms with Crippen LogP contribution in [0.4, 0.5) is 15.6 Å². The Morgan fingerprint density at radius 3 is 2.25 bits per heavy atom. The van der Waals surface area contributed by atoms with Crippen molar-refractivity contribution in [2.24, 2.45) is 0 Å². The van der Waals surface area contributed by atoms with Gasteiger partial charge in [-0.05, 0) is 29.3 Å². The van der Waals surface area contributed by atoms with E-state index in [4.69, 9.17) is 0 Å². The van der Waals surface area contributed by atoms with E-state index in [9.17, 15) is 4.79 Å². The maximum atomic E-state index is 12.1. The van der Waals surface area contributed by atoms with E-state index in [1.54, 1.807) is 11.3 Å². The molecule has 1 aromatic heterocycles. The van der Waals surface area contributed by atoms with Gasteiger partial charge in [0.25, 0.3) is 0 Å². The molecule has 0 aliphatic rings. The van der Waals surface area contributed by atoms with Crippen LogP contribution in [0.5, 0.6) is 0 Å². The van der Waals surface area contributed by atoms with Crippen LogP contribution in [0, 0.1) is 0 Å². The number of nitrogens with zero attached hydrogens (tertiary/aromatic N) is 1. The van der Waals surface area contributed by atoms with Gasteiger partial charge in [0, 0.05) is 18.8 Å². The van der Waals surface area contributed by atoms with Crippen molar-refractivity contribution in [1.29, 1.82) is 0 Å². The van der Waals surface area contributed by atoms with Gasteiger partial charge in [0.05, 0.1) is 10.2 Å². The average Bonchev–Trinajstić information content (AvgIpc) is 3.14. The molecule has 140 valence electrons. The number of amides is 2. The highest BCUT2D eigenvalue weighted by Crippen LogP contribution is 2.28. The van der Waals surface area contributed by atoms with E-state index in [1.807, 2.05) is 66.7 Å². The average molecular weight is 388 g/mol. The summed E-state index contributed by atoms with van der Waals surface area (Å²) < 4.78 is 1.02. The third-order valence-electron chi connectivity index (χ3n) is 4.23. The summed E-state index contributed by atoms with van der Waals surface area (Å²) in [5.74, 6) is 0. The van der Waals surface area contributed by atoms with Gasteiger partial charge in [-0.1, -0.05) is 72.0 Å². The van der Waals surface area contributed by atoms with Crippen LogP contribution in [-0.2, 0) is 13.1 Å². The fourth-order valence-electron chi connectivity index (χ4n) is 2.81. The van der Waals surface area contributed by atoms with Crippen molar-refractivity contribution in [2.75, 3.05) is 10.6 Å². The molecule has 0 saturated carbocycles. The Bertz CT molecular complexity index is 1060. The molecule has 2 amide bonds. The number of thiazole rings is 1. The largest absolute Gasteiger partial charge is 0.357 e. The minimum absolute atomic E-state index is 0.227. The molecule has 4 aromatic rings. The number of aromatic nitrogens is 1. The van der Waals surface area contributed by atoms with Gasteiger partial charge in [0.15, 0.2) is 5.13 Å². The highest BCUT2D eigenvalue weighted by atomic mass is 32.1. The van der Waals surface area contributed by atoms with Crippen molar-refractivity contribution in [3.63, 3.8) is 0 Å². The van der Waals surface area contributed by atoms with Crippen LogP contribution in [0.1, 0.15) is 11.1 Å². The Morgan fingerprint density at radius 2 is 1.54 bits per heavy atom. The van der Waals surface area contributed by atoms with Crippen molar-refractivity contribution >= 4 is 38.4 Å². The van der Waals surface area contributed by atoms with E-state index in [-0.39, 0.29) is 6.03 Å². The first kappa shape index (κ1) is 18.0. The van der Waals surface area contributed by atoms with Gasteiger partial charge >= 0.3 is 6.03 Å². The predicted octanol–water partition coefficient (Wildman–Crippen LogP) is 5.23. The Hall–Kier alpha value is -3.38. The molecule has 0 radical (unpaired) electrons. The number of nitrogens with one attached hydrogen (secondary N) is 3. The Labute approximate surface area is 167 Å². The Balaban J connectivity index is 1.36. The number of carbonyl (C=O) groups excluding carboxylic acids is 1. The quantitative estimate of drug-likeness (QED) is 0.424. The topological polar surface area (TPSA) is 66.0 Å². The summed E-state index contributed by atoms with van der Waals surface area (Å²) in [7, 11) is 0. The van der Waals surface area contributed by atoms with Gasteiger partial charge in [-0.3, -0.25) is 0 Å². The standard InChI is InChI=1S/C22H20N4OS/c27-21(23-14-16-7-3-1-4-8-16)25-18-11-12-19-20(13-18)28-22(26-19)24-15-17-9-5-2-6-10-17/h1-13H,14-15H2,(H,24,26)(H2,23,25,27). The van der Waals surface area contributed by atoms with Crippen LogP contribution < -0.4 is 16.0 Å². The minimum atomic E-state index is -0.227. The van der Waals surface area contributed by atoms with Gasteiger partial charge in [-0.25, -0.2) is 9.78 Å². The fraction of sp³-hybridized carbons (Fsp3) is 0.0909. The van der Waals surface area contributed by atoms with E-state index < -0.39 is 0 Å². The van der Waals surface area contributed by atoms with Crippen molar-refractivity contribution in [2.45, 2.75) is 13.1 Å².